The highest BCUT2D eigenvalue weighted by molar-refractivity contribution is 9.10. The van der Waals surface area contributed by atoms with Crippen molar-refractivity contribution in [1.29, 1.82) is 0 Å². The Bertz CT molecular complexity index is 918. The van der Waals surface area contributed by atoms with Crippen LogP contribution in [0.5, 0.6) is 0 Å². The molecule has 2 aromatic carbocycles. The molecular formula is C19H23BrN2O4S2. The topological polar surface area (TPSA) is 84.5 Å². The monoisotopic (exact) mass is 486 g/mol. The molecule has 6 nitrogen and oxygen atoms in total. The van der Waals surface area contributed by atoms with Crippen molar-refractivity contribution in [1.82, 2.24) is 4.72 Å². The van der Waals surface area contributed by atoms with Crippen LogP contribution in [0.1, 0.15) is 12.5 Å². The molecule has 9 heteroatoms. The van der Waals surface area contributed by atoms with E-state index in [1.807, 2.05) is 25.1 Å². The Kier molecular flexibility index (Phi) is 8.51. The van der Waals surface area contributed by atoms with E-state index in [0.717, 1.165) is 14.9 Å². The summed E-state index contributed by atoms with van der Waals surface area (Å²) in [6.45, 7) is 4.00. The molecule has 0 bridgehead atoms. The van der Waals surface area contributed by atoms with Gasteiger partial charge in [-0.2, -0.15) is 0 Å². The molecule has 2 aromatic rings. The van der Waals surface area contributed by atoms with Gasteiger partial charge < -0.3 is 10.1 Å². The number of nitrogens with one attached hydrogen (secondary N) is 2. The summed E-state index contributed by atoms with van der Waals surface area (Å²) in [5.74, 6) is 0.105. The minimum atomic E-state index is -3.63. The number of anilines is 1. The van der Waals surface area contributed by atoms with Gasteiger partial charge in [-0.05, 0) is 61.9 Å². The quantitative estimate of drug-likeness (QED) is 0.526. The van der Waals surface area contributed by atoms with Crippen molar-refractivity contribution in [3.8, 4) is 0 Å². The average molecular weight is 487 g/mol. The number of methoxy groups -OCH3 is 1. The average Bonchev–Trinajstić information content (AvgIpc) is 2.61. The molecule has 28 heavy (non-hydrogen) atoms. The summed E-state index contributed by atoms with van der Waals surface area (Å²) in [6, 6.07) is 11.6. The molecule has 1 atom stereocenters. The summed E-state index contributed by atoms with van der Waals surface area (Å²) in [4.78, 5) is 13.3. The van der Waals surface area contributed by atoms with Crippen molar-refractivity contribution < 1.29 is 17.9 Å². The second-order valence-corrected chi connectivity index (χ2v) is 9.90. The molecule has 0 unspecified atom stereocenters. The Morgan fingerprint density at radius 2 is 1.89 bits per heavy atom. The van der Waals surface area contributed by atoms with Crippen molar-refractivity contribution >= 4 is 49.3 Å². The normalized spacial score (nSPS) is 12.6. The van der Waals surface area contributed by atoms with Crippen LogP contribution in [0.3, 0.4) is 0 Å². The number of sulfonamides is 1. The van der Waals surface area contributed by atoms with E-state index in [2.05, 4.69) is 26.0 Å². The molecule has 0 heterocycles. The molecule has 0 radical (unpaired) electrons. The second kappa shape index (κ2) is 10.4. The fourth-order valence-corrected chi connectivity index (χ4v) is 4.96. The van der Waals surface area contributed by atoms with Gasteiger partial charge in [0.05, 0.1) is 17.3 Å². The standard InChI is InChI=1S/C19H23BrN2O4S2/c1-13-10-15(20)4-9-18(13)27-12-19(23)21-16-5-7-17(8-6-16)28(24,25)22-14(2)11-26-3/h4-10,14,22H,11-12H2,1-3H3,(H,21,23)/t14-/m0/s1. The largest absolute Gasteiger partial charge is 0.383 e. The maximum absolute atomic E-state index is 12.3. The minimum Gasteiger partial charge on any atom is -0.383 e. The third-order valence-electron chi connectivity index (χ3n) is 3.72. The van der Waals surface area contributed by atoms with Gasteiger partial charge in [0.1, 0.15) is 0 Å². The molecule has 0 aliphatic heterocycles. The van der Waals surface area contributed by atoms with Gasteiger partial charge in [0.25, 0.3) is 0 Å². The summed E-state index contributed by atoms with van der Waals surface area (Å²) in [7, 11) is -2.12. The molecule has 152 valence electrons. The maximum Gasteiger partial charge on any atom is 0.240 e. The number of amides is 1. The molecule has 2 rings (SSSR count). The third kappa shape index (κ3) is 6.89. The van der Waals surface area contributed by atoms with Crippen LogP contribution < -0.4 is 10.0 Å². The van der Waals surface area contributed by atoms with Crippen LogP contribution in [0.4, 0.5) is 5.69 Å². The van der Waals surface area contributed by atoms with Gasteiger partial charge in [-0.15, -0.1) is 11.8 Å². The summed E-state index contributed by atoms with van der Waals surface area (Å²) < 4.78 is 33.1. The van der Waals surface area contributed by atoms with Crippen molar-refractivity contribution in [2.75, 3.05) is 24.8 Å². The molecule has 0 aromatic heterocycles. The Hall–Kier alpha value is -1.39. The zero-order valence-electron chi connectivity index (χ0n) is 15.9. The smallest absolute Gasteiger partial charge is 0.240 e. The van der Waals surface area contributed by atoms with E-state index in [4.69, 9.17) is 4.74 Å². The number of carbonyl (C=O) groups excluding carboxylic acids is 1. The Balaban J connectivity index is 1.93. The number of aryl methyl sites for hydroxylation is 1. The number of hydrogen-bond donors (Lipinski definition) is 2. The highest BCUT2D eigenvalue weighted by Crippen LogP contribution is 2.25. The van der Waals surface area contributed by atoms with Crippen LogP contribution in [0, 0.1) is 6.92 Å². The number of hydrogen-bond acceptors (Lipinski definition) is 5. The number of ether oxygens (including phenoxy) is 1. The van der Waals surface area contributed by atoms with Crippen LogP contribution in [0.2, 0.25) is 0 Å². The van der Waals surface area contributed by atoms with E-state index in [0.29, 0.717) is 5.69 Å². The van der Waals surface area contributed by atoms with Crippen LogP contribution in [-0.4, -0.2) is 39.8 Å². The molecule has 0 aliphatic carbocycles. The number of benzene rings is 2. The molecule has 1 amide bonds. The van der Waals surface area contributed by atoms with E-state index >= 15 is 0 Å². The van der Waals surface area contributed by atoms with Crippen molar-refractivity contribution in [3.63, 3.8) is 0 Å². The van der Waals surface area contributed by atoms with Crippen LogP contribution in [-0.2, 0) is 19.6 Å². The second-order valence-electron chi connectivity index (χ2n) is 6.25. The first kappa shape index (κ1) is 22.9. The Morgan fingerprint density at radius 3 is 2.50 bits per heavy atom. The van der Waals surface area contributed by atoms with Crippen molar-refractivity contribution in [3.05, 3.63) is 52.5 Å². The van der Waals surface area contributed by atoms with Crippen LogP contribution in [0.25, 0.3) is 0 Å². The first-order chi connectivity index (χ1) is 13.2. The van der Waals surface area contributed by atoms with Crippen molar-refractivity contribution in [2.24, 2.45) is 0 Å². The third-order valence-corrected chi connectivity index (χ3v) is 6.99. The van der Waals surface area contributed by atoms with Crippen LogP contribution >= 0.6 is 27.7 Å². The first-order valence-electron chi connectivity index (χ1n) is 8.51. The minimum absolute atomic E-state index is 0.133. The first-order valence-corrected chi connectivity index (χ1v) is 11.8. The lowest BCUT2D eigenvalue weighted by molar-refractivity contribution is -0.113. The van der Waals surface area contributed by atoms with Crippen LogP contribution in [0.15, 0.2) is 56.7 Å². The summed E-state index contributed by atoms with van der Waals surface area (Å²) in [5.41, 5.74) is 1.64. The number of halogens is 1. The van der Waals surface area contributed by atoms with E-state index in [-0.39, 0.29) is 29.2 Å². The van der Waals surface area contributed by atoms with Gasteiger partial charge in [-0.1, -0.05) is 15.9 Å². The number of thioether (sulfide) groups is 1. The lowest BCUT2D eigenvalue weighted by atomic mass is 10.2. The van der Waals surface area contributed by atoms with Gasteiger partial charge in [0.2, 0.25) is 15.9 Å². The zero-order chi connectivity index (χ0) is 20.7. The zero-order valence-corrected chi connectivity index (χ0v) is 19.1. The fraction of sp³-hybridized carbons (Fsp3) is 0.316. The molecule has 2 N–H and O–H groups in total. The van der Waals surface area contributed by atoms with E-state index in [1.54, 1.807) is 19.1 Å². The summed E-state index contributed by atoms with van der Waals surface area (Å²) >= 11 is 4.87. The SMILES string of the molecule is COC[C@H](C)NS(=O)(=O)c1ccc(NC(=O)CSc2ccc(Br)cc2C)cc1. The Labute approximate surface area is 178 Å². The highest BCUT2D eigenvalue weighted by atomic mass is 79.9. The molecule has 0 saturated heterocycles. The molecule has 0 fully saturated rings. The van der Waals surface area contributed by atoms with Crippen molar-refractivity contribution in [2.45, 2.75) is 29.7 Å². The lowest BCUT2D eigenvalue weighted by Crippen LogP contribution is -2.35. The van der Waals surface area contributed by atoms with Gasteiger partial charge in [-0.3, -0.25) is 4.79 Å². The van der Waals surface area contributed by atoms with E-state index in [1.165, 1.54) is 31.0 Å². The number of rotatable bonds is 9. The molecule has 0 saturated carbocycles. The van der Waals surface area contributed by atoms with Gasteiger partial charge in [0, 0.05) is 28.2 Å². The fourth-order valence-electron chi connectivity index (χ4n) is 2.45. The predicted molar refractivity (Wildman–Crippen MR) is 116 cm³/mol. The summed E-state index contributed by atoms with van der Waals surface area (Å²) in [6.07, 6.45) is 0. The lowest BCUT2D eigenvalue weighted by Gasteiger charge is -2.13. The molecule has 0 aliphatic rings. The van der Waals surface area contributed by atoms with E-state index < -0.39 is 10.0 Å². The molecule has 0 spiro atoms. The number of carbonyl (C=O) groups is 1. The predicted octanol–water partition coefficient (Wildman–Crippen LogP) is 3.80. The highest BCUT2D eigenvalue weighted by Gasteiger charge is 2.17. The maximum atomic E-state index is 12.3. The van der Waals surface area contributed by atoms with Gasteiger partial charge in [-0.25, -0.2) is 13.1 Å². The Morgan fingerprint density at radius 1 is 1.21 bits per heavy atom. The summed E-state index contributed by atoms with van der Waals surface area (Å²) in [5, 5.41) is 2.78. The van der Waals surface area contributed by atoms with Gasteiger partial charge >= 0.3 is 0 Å². The molecular weight excluding hydrogens is 464 g/mol. The van der Waals surface area contributed by atoms with Gasteiger partial charge in [0.15, 0.2) is 0 Å². The van der Waals surface area contributed by atoms with E-state index in [9.17, 15) is 13.2 Å².